The minimum absolute atomic E-state index is 0.218. The fourth-order valence-corrected chi connectivity index (χ4v) is 5.68. The molecule has 3 aromatic carbocycles. The van der Waals surface area contributed by atoms with Crippen molar-refractivity contribution >= 4 is 11.5 Å². The highest BCUT2D eigenvalue weighted by atomic mass is 19.4. The van der Waals surface area contributed by atoms with Crippen LogP contribution in [0.25, 0.3) is 0 Å². The van der Waals surface area contributed by atoms with E-state index in [-0.39, 0.29) is 30.3 Å². The Balaban J connectivity index is 0.906. The molecule has 13 heteroatoms. The maximum atomic E-state index is 12.3. The van der Waals surface area contributed by atoms with E-state index >= 15 is 0 Å². The normalized spacial score (nSPS) is 16.8. The van der Waals surface area contributed by atoms with Gasteiger partial charge in [-0.15, -0.1) is 13.2 Å². The highest BCUT2D eigenvalue weighted by Crippen LogP contribution is 2.29. The molecule has 6 rings (SSSR count). The summed E-state index contributed by atoms with van der Waals surface area (Å²) in [6.45, 7) is 3.09. The van der Waals surface area contributed by atoms with Crippen LogP contribution in [-0.2, 0) is 19.6 Å². The average Bonchev–Trinajstić information content (AvgIpc) is 3.48. The number of nitrogens with zero attached hydrogens (tertiary/aromatic N) is 4. The Morgan fingerprint density at radius 2 is 1.48 bits per heavy atom. The Morgan fingerprint density at radius 3 is 2.15 bits per heavy atom. The molecule has 1 fully saturated rings. The van der Waals surface area contributed by atoms with Crippen molar-refractivity contribution in [3.05, 3.63) is 100 Å². The molecule has 0 N–H and O–H groups in total. The molecule has 1 aromatic heterocycles. The Bertz CT molecular complexity index is 1600. The van der Waals surface area contributed by atoms with Crippen LogP contribution in [0.2, 0.25) is 0 Å². The molecule has 1 unspecified atom stereocenters. The number of piperidine rings is 1. The summed E-state index contributed by atoms with van der Waals surface area (Å²) in [5.41, 5.74) is 3.13. The Kier molecular flexibility index (Phi) is 9.18. The Labute approximate surface area is 263 Å². The summed E-state index contributed by atoms with van der Waals surface area (Å²) >= 11 is 0. The van der Waals surface area contributed by atoms with Gasteiger partial charge in [0.1, 0.15) is 42.8 Å². The summed E-state index contributed by atoms with van der Waals surface area (Å²) in [4.78, 5) is 16.7. The summed E-state index contributed by atoms with van der Waals surface area (Å²) in [6, 6.07) is 21.9. The fourth-order valence-electron chi connectivity index (χ4n) is 5.68. The van der Waals surface area contributed by atoms with Crippen molar-refractivity contribution in [2.45, 2.75) is 51.3 Å². The molecular formula is C33H33F3N4O6. The van der Waals surface area contributed by atoms with Crippen LogP contribution >= 0.6 is 0 Å². The molecule has 0 bridgehead atoms. The van der Waals surface area contributed by atoms with Gasteiger partial charge >= 0.3 is 18.2 Å². The Hall–Kier alpha value is -4.94. The van der Waals surface area contributed by atoms with E-state index in [2.05, 4.69) is 38.9 Å². The van der Waals surface area contributed by atoms with E-state index in [1.165, 1.54) is 23.9 Å². The number of halogens is 3. The van der Waals surface area contributed by atoms with Gasteiger partial charge in [0.15, 0.2) is 0 Å². The van der Waals surface area contributed by atoms with Crippen molar-refractivity contribution in [1.82, 2.24) is 9.55 Å². The number of alkyl halides is 3. The molecule has 3 heterocycles. The van der Waals surface area contributed by atoms with E-state index in [0.29, 0.717) is 31.2 Å². The fraction of sp³-hybridized carbons (Fsp3) is 0.364. The summed E-state index contributed by atoms with van der Waals surface area (Å²) in [6.07, 6.45) is 0.274. The quantitative estimate of drug-likeness (QED) is 0.128. The van der Waals surface area contributed by atoms with Gasteiger partial charge in [0, 0.05) is 36.7 Å². The van der Waals surface area contributed by atoms with E-state index in [4.69, 9.17) is 14.2 Å². The number of hydrogen-bond acceptors (Lipinski definition) is 8. The lowest BCUT2D eigenvalue weighted by Gasteiger charge is -2.34. The summed E-state index contributed by atoms with van der Waals surface area (Å²) in [5, 5.41) is 11.0. The second kappa shape index (κ2) is 13.6. The van der Waals surface area contributed by atoms with Gasteiger partial charge in [0.25, 0.3) is 0 Å². The molecule has 0 spiro atoms. The first kappa shape index (κ1) is 31.1. The van der Waals surface area contributed by atoms with Gasteiger partial charge < -0.3 is 34.0 Å². The molecule has 0 saturated carbocycles. The zero-order valence-corrected chi connectivity index (χ0v) is 24.9. The molecule has 2 aliphatic rings. The third-order valence-electron chi connectivity index (χ3n) is 8.14. The van der Waals surface area contributed by atoms with Crippen LogP contribution in [0.1, 0.15) is 30.4 Å². The van der Waals surface area contributed by atoms with Crippen LogP contribution in [-0.4, -0.2) is 46.6 Å². The zero-order chi connectivity index (χ0) is 32.1. The van der Waals surface area contributed by atoms with E-state index in [0.717, 1.165) is 49.4 Å². The maximum absolute atomic E-state index is 12.3. The number of anilines is 1. The number of hydrogen-bond donors (Lipinski definition) is 0. The highest BCUT2D eigenvalue weighted by Gasteiger charge is 2.31. The lowest BCUT2D eigenvalue weighted by atomic mass is 9.90. The molecule has 4 aromatic rings. The molecule has 0 radical (unpaired) electrons. The second-order valence-corrected chi connectivity index (χ2v) is 11.4. The van der Waals surface area contributed by atoms with Gasteiger partial charge in [-0.3, -0.25) is 4.57 Å². The van der Waals surface area contributed by atoms with Gasteiger partial charge in [0.2, 0.25) is 0 Å². The summed E-state index contributed by atoms with van der Waals surface area (Å²) in [5.74, 6) is 1.54. The lowest BCUT2D eigenvalue weighted by Crippen LogP contribution is -2.34. The number of ether oxygens (including phenoxy) is 4. The largest absolute Gasteiger partial charge is 0.573 e. The van der Waals surface area contributed by atoms with E-state index in [1.54, 1.807) is 16.7 Å². The van der Waals surface area contributed by atoms with Gasteiger partial charge in [-0.1, -0.05) is 24.3 Å². The van der Waals surface area contributed by atoms with E-state index < -0.39 is 11.3 Å². The third kappa shape index (κ3) is 8.20. The third-order valence-corrected chi connectivity index (χ3v) is 8.14. The number of nitro groups is 1. The van der Waals surface area contributed by atoms with Crippen LogP contribution in [0.4, 0.5) is 24.7 Å². The predicted octanol–water partition coefficient (Wildman–Crippen LogP) is 6.96. The van der Waals surface area contributed by atoms with Crippen molar-refractivity contribution in [2.24, 2.45) is 5.92 Å². The first-order valence-electron chi connectivity index (χ1n) is 15.1. The molecule has 0 aliphatic carbocycles. The van der Waals surface area contributed by atoms with Gasteiger partial charge in [-0.25, -0.2) is 0 Å². The van der Waals surface area contributed by atoms with Crippen LogP contribution in [0, 0.1) is 16.0 Å². The van der Waals surface area contributed by atoms with E-state index in [9.17, 15) is 23.3 Å². The lowest BCUT2D eigenvalue weighted by molar-refractivity contribution is -0.389. The summed E-state index contributed by atoms with van der Waals surface area (Å²) in [7, 11) is 0. The van der Waals surface area contributed by atoms with Crippen LogP contribution in [0.5, 0.6) is 23.3 Å². The number of aryl methyl sites for hydroxylation is 1. The average molecular weight is 639 g/mol. The van der Waals surface area contributed by atoms with E-state index in [1.807, 2.05) is 24.3 Å². The molecule has 10 nitrogen and oxygen atoms in total. The van der Waals surface area contributed by atoms with Gasteiger partial charge in [-0.2, -0.15) is 0 Å². The molecule has 1 atom stereocenters. The minimum Gasteiger partial charge on any atom is -0.490 e. The van der Waals surface area contributed by atoms with Crippen LogP contribution in [0.3, 0.4) is 0 Å². The van der Waals surface area contributed by atoms with Crippen molar-refractivity contribution in [3.8, 4) is 23.3 Å². The second-order valence-electron chi connectivity index (χ2n) is 11.4. The minimum atomic E-state index is -4.71. The standard InChI is InChI=1S/C33H33F3N4O6/c34-33(35,36)46-29-9-3-25(4-10-29)21-43-27-7-1-23(2-8-27)19-24-13-16-38(17-14-24)26-5-11-28(12-6-26)44-22-30-15-18-39-20-31(40(41)42)37-32(39)45-30/h1-12,20,24,30H,13-19,21-22H2. The summed E-state index contributed by atoms with van der Waals surface area (Å²) < 4.78 is 60.1. The smallest absolute Gasteiger partial charge is 0.490 e. The van der Waals surface area contributed by atoms with Crippen molar-refractivity contribution in [2.75, 3.05) is 24.6 Å². The Morgan fingerprint density at radius 1 is 0.848 bits per heavy atom. The monoisotopic (exact) mass is 638 g/mol. The maximum Gasteiger partial charge on any atom is 0.573 e. The van der Waals surface area contributed by atoms with Crippen LogP contribution in [0.15, 0.2) is 79.0 Å². The molecule has 0 amide bonds. The number of aromatic nitrogens is 2. The first-order chi connectivity index (χ1) is 22.2. The zero-order valence-electron chi connectivity index (χ0n) is 24.9. The molecule has 1 saturated heterocycles. The highest BCUT2D eigenvalue weighted by molar-refractivity contribution is 5.49. The number of fused-ring (bicyclic) bond motifs is 1. The molecule has 242 valence electrons. The first-order valence-corrected chi connectivity index (χ1v) is 15.1. The molecular weight excluding hydrogens is 605 g/mol. The van der Waals surface area contributed by atoms with Gasteiger partial charge in [-0.05, 0) is 89.8 Å². The number of imidazole rings is 1. The predicted molar refractivity (Wildman–Crippen MR) is 162 cm³/mol. The molecule has 46 heavy (non-hydrogen) atoms. The SMILES string of the molecule is O=[N+]([O-])c1cn2c(n1)OC(COc1ccc(N3CCC(Cc4ccc(OCc5ccc(OC(F)(F)F)cc5)cc4)CC3)cc1)CC2. The number of rotatable bonds is 11. The van der Waals surface area contributed by atoms with Crippen molar-refractivity contribution in [3.63, 3.8) is 0 Å². The van der Waals surface area contributed by atoms with Crippen LogP contribution < -0.4 is 23.8 Å². The van der Waals surface area contributed by atoms with Gasteiger partial charge in [0.05, 0.1) is 0 Å². The number of benzene rings is 3. The van der Waals surface area contributed by atoms with Crippen molar-refractivity contribution in [1.29, 1.82) is 0 Å². The topological polar surface area (TPSA) is 101 Å². The molecule has 2 aliphatic heterocycles. The van der Waals surface area contributed by atoms with Crippen molar-refractivity contribution < 1.29 is 37.0 Å².